The normalized spacial score (nSPS) is 19.6. The molecule has 1 fully saturated rings. The summed E-state index contributed by atoms with van der Waals surface area (Å²) in [5, 5.41) is 12.1. The van der Waals surface area contributed by atoms with Crippen LogP contribution in [0.4, 0.5) is 10.5 Å². The first-order valence-corrected chi connectivity index (χ1v) is 9.62. The van der Waals surface area contributed by atoms with Gasteiger partial charge in [-0.25, -0.2) is 9.59 Å². The number of benzene rings is 1. The molecule has 0 saturated carbocycles. The Hall–Kier alpha value is -1.32. The molecule has 1 radical (unpaired) electrons. The number of aliphatic carboxylic acids is 1. The molecule has 10 heteroatoms. The van der Waals surface area contributed by atoms with Crippen molar-refractivity contribution in [2.45, 2.75) is 55.8 Å². The SMILES string of the molecule is COC(=O)N1C(C(=O)NC(Cc2ccc([NH-])cc2)C(=O)O)C(C)(C)SC1(C)C.[CH3-].[Y]. The fourth-order valence-corrected chi connectivity index (χ4v) is 5.44. The molecule has 1 aliphatic rings. The van der Waals surface area contributed by atoms with Gasteiger partial charge >= 0.3 is 12.1 Å². The van der Waals surface area contributed by atoms with Crippen LogP contribution in [0.2, 0.25) is 0 Å². The molecule has 0 aliphatic carbocycles. The number of thioether (sulfide) groups is 1. The summed E-state index contributed by atoms with van der Waals surface area (Å²) in [5.41, 5.74) is 8.52. The Morgan fingerprint density at radius 3 is 2.23 bits per heavy atom. The van der Waals surface area contributed by atoms with Crippen molar-refractivity contribution in [2.75, 3.05) is 7.11 Å². The van der Waals surface area contributed by atoms with Crippen molar-refractivity contribution in [1.29, 1.82) is 0 Å². The van der Waals surface area contributed by atoms with Gasteiger partial charge in [0, 0.05) is 43.9 Å². The van der Waals surface area contributed by atoms with Crippen molar-refractivity contribution in [3.05, 3.63) is 43.0 Å². The predicted octanol–water partition coefficient (Wildman–Crippen LogP) is 3.63. The van der Waals surface area contributed by atoms with Gasteiger partial charge in [-0.15, -0.1) is 17.4 Å². The average molecular weight is 512 g/mol. The maximum absolute atomic E-state index is 13.1. The monoisotopic (exact) mass is 512 g/mol. The first-order chi connectivity index (χ1) is 12.9. The number of carboxylic acid groups (broad SMARTS) is 1. The summed E-state index contributed by atoms with van der Waals surface area (Å²) in [6.07, 6.45) is -0.565. The molecule has 0 bridgehead atoms. The minimum atomic E-state index is -1.17. The van der Waals surface area contributed by atoms with Gasteiger partial charge in [0.1, 0.15) is 12.1 Å². The van der Waals surface area contributed by atoms with Gasteiger partial charge in [0.15, 0.2) is 0 Å². The van der Waals surface area contributed by atoms with E-state index in [2.05, 4.69) is 5.32 Å². The largest absolute Gasteiger partial charge is 0.699 e. The molecule has 1 aliphatic heterocycles. The number of rotatable bonds is 5. The summed E-state index contributed by atoms with van der Waals surface area (Å²) in [4.78, 5) is 37.8. The van der Waals surface area contributed by atoms with E-state index in [-0.39, 0.29) is 46.6 Å². The second-order valence-corrected chi connectivity index (χ2v) is 9.95. The zero-order chi connectivity index (χ0) is 21.3. The molecule has 8 nitrogen and oxygen atoms in total. The summed E-state index contributed by atoms with van der Waals surface area (Å²) < 4.78 is 4.22. The summed E-state index contributed by atoms with van der Waals surface area (Å²) >= 11 is 1.45. The second-order valence-electron chi connectivity index (χ2n) is 7.70. The van der Waals surface area contributed by atoms with Gasteiger partial charge in [0.2, 0.25) is 5.91 Å². The minimum absolute atomic E-state index is 0. The molecule has 30 heavy (non-hydrogen) atoms. The van der Waals surface area contributed by atoms with E-state index in [1.807, 2.05) is 27.7 Å². The topological polar surface area (TPSA) is 120 Å². The molecule has 1 aromatic carbocycles. The Morgan fingerprint density at radius 2 is 1.77 bits per heavy atom. The minimum Gasteiger partial charge on any atom is -0.699 e. The number of amides is 2. The standard InChI is InChI=1S/C19H26N3O5S.CH3.Y/c1-18(2)14(22(17(26)27-5)19(3,4)28-18)15(23)21-13(16(24)25)10-11-6-8-12(20)9-7-11;;/h6-9,13-14,20H,10H2,1-5H3,(H,21,23)(H,24,25);1H3;/q2*-1;. The number of carbonyl (C=O) groups excluding carboxylic acids is 2. The molecule has 2 rings (SSSR count). The van der Waals surface area contributed by atoms with Gasteiger partial charge in [0.25, 0.3) is 0 Å². The van der Waals surface area contributed by atoms with Crippen LogP contribution in [-0.2, 0) is 53.5 Å². The van der Waals surface area contributed by atoms with Crippen molar-refractivity contribution < 1.29 is 56.9 Å². The van der Waals surface area contributed by atoms with Gasteiger partial charge in [-0.2, -0.15) is 0 Å². The van der Waals surface area contributed by atoms with Crippen LogP contribution in [0.15, 0.2) is 24.3 Å². The molecule has 0 spiro atoms. The van der Waals surface area contributed by atoms with Gasteiger partial charge in [0.05, 0.1) is 12.0 Å². The van der Waals surface area contributed by atoms with Crippen molar-refractivity contribution in [3.8, 4) is 0 Å². The first kappa shape index (κ1) is 28.7. The summed E-state index contributed by atoms with van der Waals surface area (Å²) in [6, 6.07) is 4.39. The Balaban J connectivity index is 0.00000420. The predicted molar refractivity (Wildman–Crippen MR) is 114 cm³/mol. The van der Waals surface area contributed by atoms with E-state index in [9.17, 15) is 19.5 Å². The van der Waals surface area contributed by atoms with Crippen molar-refractivity contribution in [1.82, 2.24) is 10.2 Å². The molecule has 2 unspecified atom stereocenters. The molecule has 165 valence electrons. The zero-order valence-electron chi connectivity index (χ0n) is 18.2. The van der Waals surface area contributed by atoms with Crippen LogP contribution < -0.4 is 5.32 Å². The van der Waals surface area contributed by atoms with E-state index >= 15 is 0 Å². The van der Waals surface area contributed by atoms with E-state index in [1.54, 1.807) is 24.3 Å². The third kappa shape index (κ3) is 6.34. The summed E-state index contributed by atoms with van der Waals surface area (Å²) in [5.74, 6) is -1.71. The number of hydrogen-bond donors (Lipinski definition) is 2. The van der Waals surface area contributed by atoms with E-state index in [0.29, 0.717) is 11.3 Å². The van der Waals surface area contributed by atoms with Crippen LogP contribution in [0.3, 0.4) is 0 Å². The summed E-state index contributed by atoms with van der Waals surface area (Å²) in [7, 11) is 1.25. The molecule has 1 saturated heterocycles. The maximum Gasteiger partial charge on any atom is 0.411 e. The van der Waals surface area contributed by atoms with E-state index in [1.165, 1.54) is 23.8 Å². The molecule has 1 heterocycles. The van der Waals surface area contributed by atoms with Crippen LogP contribution in [0.5, 0.6) is 0 Å². The molecule has 2 atom stereocenters. The van der Waals surface area contributed by atoms with Crippen LogP contribution in [-0.4, -0.2) is 56.8 Å². The zero-order valence-corrected chi connectivity index (χ0v) is 21.8. The van der Waals surface area contributed by atoms with Gasteiger partial charge in [-0.05, 0) is 33.3 Å². The molecule has 3 N–H and O–H groups in total. The number of ether oxygens (including phenoxy) is 1. The van der Waals surface area contributed by atoms with Crippen LogP contribution in [0.1, 0.15) is 33.3 Å². The third-order valence-electron chi connectivity index (χ3n) is 4.64. The fraction of sp³-hybridized carbons (Fsp3) is 0.500. The Morgan fingerprint density at radius 1 is 1.23 bits per heavy atom. The Bertz CT molecular complexity index is 770. The summed E-state index contributed by atoms with van der Waals surface area (Å²) in [6.45, 7) is 7.33. The average Bonchev–Trinajstić information content (AvgIpc) is 2.78. The Labute approximate surface area is 207 Å². The molecule has 0 aromatic heterocycles. The van der Waals surface area contributed by atoms with Crippen molar-refractivity contribution in [2.24, 2.45) is 0 Å². The van der Waals surface area contributed by atoms with Crippen molar-refractivity contribution in [3.63, 3.8) is 0 Å². The third-order valence-corrected chi connectivity index (χ3v) is 6.08. The number of hydrogen-bond acceptors (Lipinski definition) is 5. The van der Waals surface area contributed by atoms with Crippen LogP contribution in [0, 0.1) is 7.43 Å². The Kier molecular flexibility index (Phi) is 10.3. The number of nitrogens with zero attached hydrogens (tertiary/aromatic N) is 1. The van der Waals surface area contributed by atoms with E-state index < -0.39 is 39.7 Å². The van der Waals surface area contributed by atoms with E-state index in [0.717, 1.165) is 0 Å². The van der Waals surface area contributed by atoms with Gasteiger partial charge in [-0.1, -0.05) is 24.3 Å². The quantitative estimate of drug-likeness (QED) is 0.582. The second kappa shape index (κ2) is 10.8. The molecular weight excluding hydrogens is 483 g/mol. The van der Waals surface area contributed by atoms with Gasteiger partial charge in [-0.3, -0.25) is 9.69 Å². The smallest absolute Gasteiger partial charge is 0.411 e. The maximum atomic E-state index is 13.1. The molecule has 1 aromatic rings. The molecule has 2 amide bonds. The van der Waals surface area contributed by atoms with E-state index in [4.69, 9.17) is 10.5 Å². The van der Waals surface area contributed by atoms with Crippen LogP contribution >= 0.6 is 11.8 Å². The number of carbonyl (C=O) groups is 3. The number of carboxylic acids is 1. The van der Waals surface area contributed by atoms with Crippen molar-refractivity contribution >= 4 is 35.4 Å². The molecular formula is C20H29N3O5SY-2. The first-order valence-electron chi connectivity index (χ1n) is 8.80. The van der Waals surface area contributed by atoms with Crippen LogP contribution in [0.25, 0.3) is 5.73 Å². The van der Waals surface area contributed by atoms with Gasteiger partial charge < -0.3 is 28.3 Å². The fourth-order valence-electron chi connectivity index (χ4n) is 3.55. The number of nitrogens with one attached hydrogen (secondary N) is 2. The number of methoxy groups -OCH3 is 1.